The first-order valence-corrected chi connectivity index (χ1v) is 8.64. The highest BCUT2D eigenvalue weighted by atomic mass is 32.2. The molecular weight excluding hydrogens is 274 g/mol. The molecule has 1 aromatic carbocycles. The maximum Gasteiger partial charge on any atom is 0.253 e. The zero-order valence-corrected chi connectivity index (χ0v) is 12.6. The minimum atomic E-state index is -3.23. The summed E-state index contributed by atoms with van der Waals surface area (Å²) in [4.78, 5) is 13.9. The molecule has 20 heavy (non-hydrogen) atoms. The second-order valence-electron chi connectivity index (χ2n) is 6.00. The van der Waals surface area contributed by atoms with E-state index in [-0.39, 0.29) is 11.7 Å². The molecule has 0 spiro atoms. The molecule has 1 heterocycles. The van der Waals surface area contributed by atoms with Gasteiger partial charge in [-0.05, 0) is 48.8 Å². The van der Waals surface area contributed by atoms with Crippen molar-refractivity contribution < 1.29 is 13.2 Å². The van der Waals surface area contributed by atoms with E-state index in [9.17, 15) is 13.2 Å². The van der Waals surface area contributed by atoms with Crippen LogP contribution in [0.3, 0.4) is 0 Å². The molecule has 4 nitrogen and oxygen atoms in total. The first-order chi connectivity index (χ1) is 9.40. The molecule has 1 unspecified atom stereocenters. The van der Waals surface area contributed by atoms with Crippen LogP contribution in [0.1, 0.15) is 41.1 Å². The number of amides is 1. The van der Waals surface area contributed by atoms with Gasteiger partial charge in [0.2, 0.25) is 0 Å². The molecule has 1 amide bonds. The van der Waals surface area contributed by atoms with Crippen LogP contribution in [0.5, 0.6) is 0 Å². The number of carbonyl (C=O) groups is 1. The van der Waals surface area contributed by atoms with E-state index in [0.717, 1.165) is 12.0 Å². The highest BCUT2D eigenvalue weighted by Crippen LogP contribution is 2.48. The van der Waals surface area contributed by atoms with Gasteiger partial charge >= 0.3 is 0 Å². The predicted octanol–water partition coefficient (Wildman–Crippen LogP) is 2.06. The lowest BCUT2D eigenvalue weighted by Gasteiger charge is -2.26. The lowest BCUT2D eigenvalue weighted by molar-refractivity contribution is 0.0827. The Morgan fingerprint density at radius 2 is 1.90 bits per heavy atom. The van der Waals surface area contributed by atoms with Crippen LogP contribution in [0.15, 0.2) is 23.1 Å². The number of hydrogen-bond acceptors (Lipinski definition) is 3. The fraction of sp³-hybridized carbons (Fsp3) is 0.533. The highest BCUT2D eigenvalue weighted by Gasteiger charge is 2.39. The van der Waals surface area contributed by atoms with E-state index in [4.69, 9.17) is 0 Å². The van der Waals surface area contributed by atoms with Crippen molar-refractivity contribution in [2.75, 3.05) is 19.8 Å². The lowest BCUT2D eigenvalue weighted by Crippen LogP contribution is -2.25. The summed E-state index contributed by atoms with van der Waals surface area (Å²) in [7, 11) is 0.107. The Kier molecular flexibility index (Phi) is 3.12. The molecule has 1 atom stereocenters. The minimum absolute atomic E-state index is 0.156. The molecule has 1 fully saturated rings. The van der Waals surface area contributed by atoms with Gasteiger partial charge in [0.05, 0.1) is 10.6 Å². The molecule has 108 valence electrons. The van der Waals surface area contributed by atoms with Gasteiger partial charge in [0.25, 0.3) is 5.91 Å². The molecule has 0 aromatic heterocycles. The molecular formula is C15H19NO3S. The van der Waals surface area contributed by atoms with Crippen LogP contribution in [0.2, 0.25) is 0 Å². The van der Waals surface area contributed by atoms with Gasteiger partial charge in [-0.25, -0.2) is 8.42 Å². The summed E-state index contributed by atoms with van der Waals surface area (Å²) in [6, 6.07) is 5.19. The molecule has 3 rings (SSSR count). The quantitative estimate of drug-likeness (QED) is 0.838. The van der Waals surface area contributed by atoms with E-state index < -0.39 is 9.84 Å². The van der Waals surface area contributed by atoms with Crippen LogP contribution in [-0.2, 0) is 9.84 Å². The van der Waals surface area contributed by atoms with Gasteiger partial charge in [0, 0.05) is 19.7 Å². The first-order valence-electron chi connectivity index (χ1n) is 6.98. The summed E-state index contributed by atoms with van der Waals surface area (Å²) in [6.07, 6.45) is 3.12. The smallest absolute Gasteiger partial charge is 0.253 e. The van der Waals surface area contributed by atoms with Crippen molar-refractivity contribution in [2.45, 2.75) is 30.1 Å². The van der Waals surface area contributed by atoms with Crippen LogP contribution in [0, 0.1) is 5.92 Å². The molecule has 1 aromatic rings. The average Bonchev–Trinajstić information content (AvgIpc) is 3.22. The van der Waals surface area contributed by atoms with Gasteiger partial charge in [0.1, 0.15) is 0 Å². The van der Waals surface area contributed by atoms with Crippen LogP contribution < -0.4 is 0 Å². The second kappa shape index (κ2) is 4.58. The van der Waals surface area contributed by atoms with Crippen LogP contribution in [0.25, 0.3) is 0 Å². The van der Waals surface area contributed by atoms with E-state index >= 15 is 0 Å². The van der Waals surface area contributed by atoms with Gasteiger partial charge in [-0.15, -0.1) is 0 Å². The number of hydrogen-bond donors (Lipinski definition) is 0. The Labute approximate surface area is 119 Å². The molecule has 0 N–H and O–H groups in total. The molecule has 0 radical (unpaired) electrons. The van der Waals surface area contributed by atoms with Crippen molar-refractivity contribution in [1.82, 2.24) is 4.90 Å². The van der Waals surface area contributed by atoms with Crippen LogP contribution in [0.4, 0.5) is 0 Å². The SMILES string of the molecule is CN(C)C(=O)c1ccc2c(c1)S(=O)(=O)CCC2C1CC1. The fourth-order valence-corrected chi connectivity index (χ4v) is 4.71. The Hall–Kier alpha value is -1.36. The molecule has 5 heteroatoms. The topological polar surface area (TPSA) is 54.5 Å². The molecule has 0 bridgehead atoms. The Morgan fingerprint density at radius 3 is 2.50 bits per heavy atom. The fourth-order valence-electron chi connectivity index (χ4n) is 3.04. The number of fused-ring (bicyclic) bond motifs is 1. The van der Waals surface area contributed by atoms with Crippen molar-refractivity contribution >= 4 is 15.7 Å². The van der Waals surface area contributed by atoms with E-state index in [1.165, 1.54) is 17.7 Å². The highest BCUT2D eigenvalue weighted by molar-refractivity contribution is 7.91. The van der Waals surface area contributed by atoms with Gasteiger partial charge in [-0.3, -0.25) is 4.79 Å². The molecule has 1 saturated carbocycles. The van der Waals surface area contributed by atoms with Gasteiger partial charge in [-0.1, -0.05) is 6.07 Å². The molecule has 1 aliphatic carbocycles. The maximum atomic E-state index is 12.3. The Bertz CT molecular complexity index is 660. The van der Waals surface area contributed by atoms with E-state index in [1.54, 1.807) is 26.2 Å². The number of rotatable bonds is 2. The predicted molar refractivity (Wildman–Crippen MR) is 76.6 cm³/mol. The molecule has 1 aliphatic heterocycles. The minimum Gasteiger partial charge on any atom is -0.345 e. The summed E-state index contributed by atoms with van der Waals surface area (Å²) in [5, 5.41) is 0. The van der Waals surface area contributed by atoms with Crippen molar-refractivity contribution in [3.63, 3.8) is 0 Å². The normalized spacial score (nSPS) is 24.0. The number of carbonyl (C=O) groups excluding carboxylic acids is 1. The number of sulfone groups is 1. The van der Waals surface area contributed by atoms with E-state index in [1.807, 2.05) is 6.07 Å². The monoisotopic (exact) mass is 293 g/mol. The average molecular weight is 293 g/mol. The maximum absolute atomic E-state index is 12.3. The number of nitrogens with zero attached hydrogens (tertiary/aromatic N) is 1. The largest absolute Gasteiger partial charge is 0.345 e. The van der Waals surface area contributed by atoms with Crippen molar-refractivity contribution in [3.05, 3.63) is 29.3 Å². The third-order valence-corrected chi connectivity index (χ3v) is 6.09. The van der Waals surface area contributed by atoms with E-state index in [2.05, 4.69) is 0 Å². The summed E-state index contributed by atoms with van der Waals surface area (Å²) >= 11 is 0. The van der Waals surface area contributed by atoms with Gasteiger partial charge in [0.15, 0.2) is 9.84 Å². The summed E-state index contributed by atoms with van der Waals surface area (Å²) < 4.78 is 24.6. The van der Waals surface area contributed by atoms with Crippen molar-refractivity contribution in [2.24, 2.45) is 5.92 Å². The van der Waals surface area contributed by atoms with Crippen LogP contribution in [-0.4, -0.2) is 39.1 Å². The Morgan fingerprint density at radius 1 is 1.20 bits per heavy atom. The zero-order valence-electron chi connectivity index (χ0n) is 11.8. The van der Waals surface area contributed by atoms with Crippen molar-refractivity contribution in [1.29, 1.82) is 0 Å². The standard InChI is InChI=1S/C15H19NO3S/c1-16(2)15(17)11-5-6-13-12(10-3-4-10)7-8-20(18,19)14(13)9-11/h5-6,9-10,12H,3-4,7-8H2,1-2H3. The Balaban J connectivity index is 2.09. The first kappa shape index (κ1) is 13.6. The third-order valence-electron chi connectivity index (χ3n) is 4.29. The molecule has 0 saturated heterocycles. The molecule has 2 aliphatic rings. The zero-order chi connectivity index (χ0) is 14.5. The van der Waals surface area contributed by atoms with E-state index in [0.29, 0.717) is 22.3 Å². The summed E-state index contributed by atoms with van der Waals surface area (Å²) in [6.45, 7) is 0. The van der Waals surface area contributed by atoms with Gasteiger partial charge in [-0.2, -0.15) is 0 Å². The lowest BCUT2D eigenvalue weighted by atomic mass is 9.90. The second-order valence-corrected chi connectivity index (χ2v) is 8.08. The van der Waals surface area contributed by atoms with Crippen LogP contribution >= 0.6 is 0 Å². The summed E-state index contributed by atoms with van der Waals surface area (Å²) in [5.41, 5.74) is 1.38. The summed E-state index contributed by atoms with van der Waals surface area (Å²) in [5.74, 6) is 1.05. The number of benzene rings is 1. The third kappa shape index (κ3) is 2.24. The van der Waals surface area contributed by atoms with Gasteiger partial charge < -0.3 is 4.90 Å². The van der Waals surface area contributed by atoms with Crippen molar-refractivity contribution in [3.8, 4) is 0 Å².